The molecule has 0 radical (unpaired) electrons. The second kappa shape index (κ2) is 7.88. The maximum Gasteiger partial charge on any atom is 0.246 e. The van der Waals surface area contributed by atoms with Crippen LogP contribution in [0.1, 0.15) is 12.0 Å². The zero-order valence-corrected chi connectivity index (χ0v) is 14.0. The Kier molecular flexibility index (Phi) is 6.12. The van der Waals surface area contributed by atoms with E-state index in [-0.39, 0.29) is 23.0 Å². The highest BCUT2D eigenvalue weighted by Crippen LogP contribution is 2.24. The smallest absolute Gasteiger partial charge is 0.246 e. The highest BCUT2D eigenvalue weighted by Gasteiger charge is 2.27. The Morgan fingerprint density at radius 3 is 2.43 bits per heavy atom. The Morgan fingerprint density at radius 2 is 1.83 bits per heavy atom. The molecule has 0 aliphatic carbocycles. The van der Waals surface area contributed by atoms with Gasteiger partial charge >= 0.3 is 0 Å². The van der Waals surface area contributed by atoms with Gasteiger partial charge in [0, 0.05) is 18.1 Å². The first-order valence-electron chi connectivity index (χ1n) is 7.14. The summed E-state index contributed by atoms with van der Waals surface area (Å²) in [6, 6.07) is 12.7. The van der Waals surface area contributed by atoms with E-state index in [1.165, 1.54) is 16.4 Å². The van der Waals surface area contributed by atoms with Crippen molar-refractivity contribution < 1.29 is 12.8 Å². The Balaban J connectivity index is 2.36. The Morgan fingerprint density at radius 1 is 1.13 bits per heavy atom. The van der Waals surface area contributed by atoms with Crippen molar-refractivity contribution in [2.45, 2.75) is 17.9 Å². The molecule has 0 unspecified atom stereocenters. The zero-order chi connectivity index (χ0) is 16.9. The monoisotopic (exact) mass is 356 g/mol. The third-order valence-electron chi connectivity index (χ3n) is 3.33. The third-order valence-corrected chi connectivity index (χ3v) is 5.44. The quantitative estimate of drug-likeness (QED) is 0.829. The fourth-order valence-corrected chi connectivity index (χ4v) is 3.83. The maximum atomic E-state index is 14.1. The number of rotatable bonds is 7. The molecule has 0 amide bonds. The van der Waals surface area contributed by atoms with Crippen LogP contribution >= 0.6 is 11.6 Å². The molecular formula is C16H18ClFN2O2S. The molecule has 2 aromatic carbocycles. The Bertz CT molecular complexity index is 754. The molecule has 0 saturated carbocycles. The lowest BCUT2D eigenvalue weighted by Crippen LogP contribution is -2.33. The van der Waals surface area contributed by atoms with Crippen LogP contribution in [0, 0.1) is 5.82 Å². The van der Waals surface area contributed by atoms with Gasteiger partial charge in [0.1, 0.15) is 10.7 Å². The molecule has 2 N–H and O–H groups in total. The summed E-state index contributed by atoms with van der Waals surface area (Å²) in [6.45, 7) is 0.727. The van der Waals surface area contributed by atoms with Crippen LogP contribution in [0.15, 0.2) is 53.4 Å². The van der Waals surface area contributed by atoms with Gasteiger partial charge in [-0.2, -0.15) is 4.31 Å². The fraction of sp³-hybridized carbons (Fsp3) is 0.250. The summed E-state index contributed by atoms with van der Waals surface area (Å²) in [4.78, 5) is -0.380. The van der Waals surface area contributed by atoms with Crippen molar-refractivity contribution in [3.05, 3.63) is 64.9 Å². The van der Waals surface area contributed by atoms with Crippen LogP contribution in [-0.4, -0.2) is 25.8 Å². The zero-order valence-electron chi connectivity index (χ0n) is 12.5. The summed E-state index contributed by atoms with van der Waals surface area (Å²) < 4.78 is 40.8. The average molecular weight is 357 g/mol. The number of nitrogens with zero attached hydrogens (tertiary/aromatic N) is 1. The number of sulfonamides is 1. The lowest BCUT2D eigenvalue weighted by atomic mass is 10.2. The second-order valence-electron chi connectivity index (χ2n) is 5.04. The lowest BCUT2D eigenvalue weighted by molar-refractivity contribution is 0.398. The van der Waals surface area contributed by atoms with E-state index in [1.807, 2.05) is 30.3 Å². The van der Waals surface area contributed by atoms with Crippen molar-refractivity contribution in [1.82, 2.24) is 4.31 Å². The summed E-state index contributed by atoms with van der Waals surface area (Å²) in [6.07, 6.45) is 0.487. The van der Waals surface area contributed by atoms with E-state index in [1.54, 1.807) is 0 Å². The molecular weight excluding hydrogens is 339 g/mol. The normalized spacial score (nSPS) is 11.8. The molecule has 2 rings (SSSR count). The van der Waals surface area contributed by atoms with E-state index in [4.69, 9.17) is 17.3 Å². The molecule has 0 aliphatic heterocycles. The minimum absolute atomic E-state index is 0.151. The van der Waals surface area contributed by atoms with Crippen LogP contribution in [0.3, 0.4) is 0 Å². The van der Waals surface area contributed by atoms with E-state index in [2.05, 4.69) is 0 Å². The number of halogens is 2. The average Bonchev–Trinajstić information content (AvgIpc) is 2.52. The predicted molar refractivity (Wildman–Crippen MR) is 89.1 cm³/mol. The van der Waals surface area contributed by atoms with Crippen molar-refractivity contribution in [3.8, 4) is 0 Å². The van der Waals surface area contributed by atoms with Crippen LogP contribution in [0.2, 0.25) is 5.02 Å². The van der Waals surface area contributed by atoms with Gasteiger partial charge in [0.2, 0.25) is 10.0 Å². The van der Waals surface area contributed by atoms with E-state index in [9.17, 15) is 12.8 Å². The van der Waals surface area contributed by atoms with Crippen molar-refractivity contribution in [3.63, 3.8) is 0 Å². The number of benzene rings is 2. The van der Waals surface area contributed by atoms with Gasteiger partial charge in [0.05, 0.1) is 0 Å². The molecule has 23 heavy (non-hydrogen) atoms. The predicted octanol–water partition coefficient (Wildman–Crippen LogP) is 3.02. The van der Waals surface area contributed by atoms with Crippen molar-refractivity contribution in [2.75, 3.05) is 13.1 Å². The minimum atomic E-state index is -3.97. The van der Waals surface area contributed by atoms with Crippen molar-refractivity contribution in [2.24, 2.45) is 5.73 Å². The van der Waals surface area contributed by atoms with Crippen molar-refractivity contribution >= 4 is 21.6 Å². The van der Waals surface area contributed by atoms with E-state index >= 15 is 0 Å². The van der Waals surface area contributed by atoms with Gasteiger partial charge in [0.25, 0.3) is 0 Å². The number of hydrogen-bond acceptors (Lipinski definition) is 3. The first kappa shape index (κ1) is 17.9. The molecule has 0 spiro atoms. The summed E-state index contributed by atoms with van der Waals surface area (Å²) in [5.74, 6) is -0.858. The molecule has 7 heteroatoms. The summed E-state index contributed by atoms with van der Waals surface area (Å²) >= 11 is 5.70. The van der Waals surface area contributed by atoms with Crippen molar-refractivity contribution in [1.29, 1.82) is 0 Å². The fourth-order valence-electron chi connectivity index (χ4n) is 2.16. The summed E-state index contributed by atoms with van der Waals surface area (Å²) in [5.41, 5.74) is 6.31. The van der Waals surface area contributed by atoms with Crippen LogP contribution in [0.4, 0.5) is 4.39 Å². The topological polar surface area (TPSA) is 63.4 Å². The van der Waals surface area contributed by atoms with Gasteiger partial charge in [-0.15, -0.1) is 0 Å². The standard InChI is InChI=1S/C16H18ClFN2O2S/c17-14-7-8-16(15(18)11-14)23(21,22)20(10-4-9-19)12-13-5-2-1-3-6-13/h1-3,5-8,11H,4,9-10,12,19H2. The van der Waals surface area contributed by atoms with Gasteiger partial charge in [-0.05, 0) is 36.7 Å². The minimum Gasteiger partial charge on any atom is -0.330 e. The van der Waals surface area contributed by atoms with Gasteiger partial charge in [-0.25, -0.2) is 12.8 Å². The molecule has 124 valence electrons. The largest absolute Gasteiger partial charge is 0.330 e. The van der Waals surface area contributed by atoms with Gasteiger partial charge in [0.15, 0.2) is 0 Å². The SMILES string of the molecule is NCCCN(Cc1ccccc1)S(=O)(=O)c1ccc(Cl)cc1F. The van der Waals surface area contributed by atoms with Crippen LogP contribution in [0.5, 0.6) is 0 Å². The molecule has 0 aliphatic rings. The molecule has 2 aromatic rings. The molecule has 0 bridgehead atoms. The van der Waals surface area contributed by atoms with E-state index in [0.29, 0.717) is 13.0 Å². The summed E-state index contributed by atoms with van der Waals surface area (Å²) in [5, 5.41) is 0.151. The molecule has 0 aromatic heterocycles. The van der Waals surface area contributed by atoms with Crippen LogP contribution in [-0.2, 0) is 16.6 Å². The van der Waals surface area contributed by atoms with Gasteiger partial charge < -0.3 is 5.73 Å². The number of nitrogens with two attached hydrogens (primary N) is 1. The van der Waals surface area contributed by atoms with Crippen LogP contribution in [0.25, 0.3) is 0 Å². The van der Waals surface area contributed by atoms with Gasteiger partial charge in [-0.1, -0.05) is 41.9 Å². The molecule has 0 atom stereocenters. The first-order valence-corrected chi connectivity index (χ1v) is 8.96. The van der Waals surface area contributed by atoms with E-state index < -0.39 is 15.8 Å². The maximum absolute atomic E-state index is 14.1. The molecule has 0 fully saturated rings. The van der Waals surface area contributed by atoms with E-state index in [0.717, 1.165) is 11.6 Å². The molecule has 4 nitrogen and oxygen atoms in total. The van der Waals surface area contributed by atoms with Crippen LogP contribution < -0.4 is 5.73 Å². The third kappa shape index (κ3) is 4.51. The second-order valence-corrected chi connectivity index (χ2v) is 7.38. The molecule has 0 saturated heterocycles. The lowest BCUT2D eigenvalue weighted by Gasteiger charge is -2.22. The Hall–Kier alpha value is -1.47. The first-order chi connectivity index (χ1) is 10.9. The summed E-state index contributed by atoms with van der Waals surface area (Å²) in [7, 11) is -3.97. The number of hydrogen-bond donors (Lipinski definition) is 1. The molecule has 0 heterocycles. The highest BCUT2D eigenvalue weighted by atomic mass is 35.5. The highest BCUT2D eigenvalue weighted by molar-refractivity contribution is 7.89. The Labute approximate surface area is 140 Å². The van der Waals surface area contributed by atoms with Gasteiger partial charge in [-0.3, -0.25) is 0 Å².